The molecule has 22 heavy (non-hydrogen) atoms. The number of benzene rings is 3. The molecule has 1 heterocycles. The minimum absolute atomic E-state index is 0.00470. The summed E-state index contributed by atoms with van der Waals surface area (Å²) in [5.41, 5.74) is 1.56. The van der Waals surface area contributed by atoms with Crippen LogP contribution >= 0.6 is 11.6 Å². The van der Waals surface area contributed by atoms with E-state index in [4.69, 9.17) is 16.3 Å². The maximum Gasteiger partial charge on any atom is 0.323 e. The van der Waals surface area contributed by atoms with Crippen LogP contribution in [0.15, 0.2) is 54.6 Å². The second-order valence-electron chi connectivity index (χ2n) is 5.26. The van der Waals surface area contributed by atoms with Crippen LogP contribution in [0.4, 0.5) is 0 Å². The first-order chi connectivity index (χ1) is 10.6. The molecule has 0 aromatic heterocycles. The average Bonchev–Trinajstić information content (AvgIpc) is 2.86. The van der Waals surface area contributed by atoms with Crippen LogP contribution in [0.3, 0.4) is 0 Å². The van der Waals surface area contributed by atoms with Gasteiger partial charge in [-0.25, -0.2) is 0 Å². The van der Waals surface area contributed by atoms with Crippen molar-refractivity contribution in [3.05, 3.63) is 70.7 Å². The number of hydrogen-bond donors (Lipinski definition) is 1. The molecule has 0 aliphatic carbocycles. The van der Waals surface area contributed by atoms with Gasteiger partial charge in [-0.3, -0.25) is 4.79 Å². The van der Waals surface area contributed by atoms with Gasteiger partial charge in [-0.2, -0.15) is 0 Å². The molecule has 0 saturated heterocycles. The van der Waals surface area contributed by atoms with Crippen LogP contribution in [-0.4, -0.2) is 11.1 Å². The van der Waals surface area contributed by atoms with E-state index in [1.807, 2.05) is 36.4 Å². The zero-order chi connectivity index (χ0) is 15.3. The molecule has 3 aromatic rings. The molecule has 0 spiro atoms. The van der Waals surface area contributed by atoms with Crippen LogP contribution < -0.4 is 4.74 Å². The molecule has 1 aliphatic heterocycles. The maximum atomic E-state index is 12.3. The minimum atomic E-state index is -0.529. The Labute approximate surface area is 131 Å². The summed E-state index contributed by atoms with van der Waals surface area (Å²) in [5, 5.41) is 11.8. The number of fused-ring (bicyclic) bond motifs is 3. The van der Waals surface area contributed by atoms with Crippen molar-refractivity contribution in [2.45, 2.75) is 5.92 Å². The van der Waals surface area contributed by atoms with E-state index in [1.54, 1.807) is 12.1 Å². The standard InChI is InChI=1S/C18H11ClO3/c19-13-9-11(5-7-14(13)20)16-17-12-4-2-1-3-10(12)6-8-15(17)22-18(16)21/h1-9,16,20H. The van der Waals surface area contributed by atoms with E-state index in [0.717, 1.165) is 16.3 Å². The Balaban J connectivity index is 1.98. The van der Waals surface area contributed by atoms with E-state index < -0.39 is 5.92 Å². The number of rotatable bonds is 1. The molecule has 4 heteroatoms. The maximum absolute atomic E-state index is 12.3. The summed E-state index contributed by atoms with van der Waals surface area (Å²) in [6.07, 6.45) is 0. The zero-order valence-corrected chi connectivity index (χ0v) is 12.2. The van der Waals surface area contributed by atoms with E-state index >= 15 is 0 Å². The number of halogens is 1. The smallest absolute Gasteiger partial charge is 0.323 e. The van der Waals surface area contributed by atoms with Crippen LogP contribution in [0.2, 0.25) is 5.02 Å². The molecule has 1 N–H and O–H groups in total. The second-order valence-corrected chi connectivity index (χ2v) is 5.67. The normalized spacial score (nSPS) is 16.6. The van der Waals surface area contributed by atoms with Crippen LogP contribution in [0, 0.1) is 0 Å². The number of carbonyl (C=O) groups is 1. The molecular weight excluding hydrogens is 300 g/mol. The molecule has 4 rings (SSSR count). The topological polar surface area (TPSA) is 46.5 Å². The third-order valence-electron chi connectivity index (χ3n) is 3.97. The van der Waals surface area contributed by atoms with E-state index in [-0.39, 0.29) is 16.7 Å². The van der Waals surface area contributed by atoms with Gasteiger partial charge in [-0.05, 0) is 34.5 Å². The Morgan fingerprint density at radius 3 is 2.68 bits per heavy atom. The first kappa shape index (κ1) is 13.2. The van der Waals surface area contributed by atoms with Gasteiger partial charge in [0.1, 0.15) is 17.4 Å². The second kappa shape index (κ2) is 4.75. The summed E-state index contributed by atoms with van der Waals surface area (Å²) in [4.78, 5) is 12.3. The summed E-state index contributed by atoms with van der Waals surface area (Å²) in [5.74, 6) is -0.278. The number of ether oxygens (including phenoxy) is 1. The Morgan fingerprint density at radius 2 is 1.86 bits per heavy atom. The van der Waals surface area contributed by atoms with Crippen LogP contribution in [0.5, 0.6) is 11.5 Å². The van der Waals surface area contributed by atoms with E-state index in [0.29, 0.717) is 11.3 Å². The van der Waals surface area contributed by atoms with Crippen molar-refractivity contribution in [3.8, 4) is 11.5 Å². The number of hydrogen-bond acceptors (Lipinski definition) is 3. The van der Waals surface area contributed by atoms with E-state index in [9.17, 15) is 9.90 Å². The number of esters is 1. The Bertz CT molecular complexity index is 917. The van der Waals surface area contributed by atoms with Gasteiger partial charge in [0, 0.05) is 5.56 Å². The van der Waals surface area contributed by atoms with Gasteiger partial charge in [0.15, 0.2) is 0 Å². The van der Waals surface area contributed by atoms with E-state index in [1.165, 1.54) is 6.07 Å². The van der Waals surface area contributed by atoms with E-state index in [2.05, 4.69) is 0 Å². The summed E-state index contributed by atoms with van der Waals surface area (Å²) >= 11 is 5.98. The largest absolute Gasteiger partial charge is 0.506 e. The van der Waals surface area contributed by atoms with Crippen molar-refractivity contribution < 1.29 is 14.6 Å². The monoisotopic (exact) mass is 310 g/mol. The SMILES string of the molecule is O=C1Oc2ccc3ccccc3c2C1c1ccc(O)c(Cl)c1. The lowest BCUT2D eigenvalue weighted by molar-refractivity contribution is -0.133. The molecule has 0 fully saturated rings. The number of phenols is 1. The van der Waals surface area contributed by atoms with Gasteiger partial charge in [0.2, 0.25) is 0 Å². The predicted molar refractivity (Wildman–Crippen MR) is 84.5 cm³/mol. The van der Waals surface area contributed by atoms with Crippen molar-refractivity contribution in [1.29, 1.82) is 0 Å². The van der Waals surface area contributed by atoms with Gasteiger partial charge in [-0.15, -0.1) is 0 Å². The Hall–Kier alpha value is -2.52. The molecule has 1 atom stereocenters. The highest BCUT2D eigenvalue weighted by Gasteiger charge is 2.36. The van der Waals surface area contributed by atoms with Crippen LogP contribution in [0.1, 0.15) is 17.0 Å². The lowest BCUT2D eigenvalue weighted by Crippen LogP contribution is -2.11. The van der Waals surface area contributed by atoms with Gasteiger partial charge in [0.05, 0.1) is 5.02 Å². The third kappa shape index (κ3) is 1.86. The third-order valence-corrected chi connectivity index (χ3v) is 4.27. The molecule has 0 saturated carbocycles. The summed E-state index contributed by atoms with van der Waals surface area (Å²) < 4.78 is 5.41. The molecule has 1 aliphatic rings. The van der Waals surface area contributed by atoms with Crippen LogP contribution in [-0.2, 0) is 4.79 Å². The first-order valence-corrected chi connectivity index (χ1v) is 7.25. The highest BCUT2D eigenvalue weighted by atomic mass is 35.5. The Morgan fingerprint density at radius 1 is 1.05 bits per heavy atom. The highest BCUT2D eigenvalue weighted by Crippen LogP contribution is 2.44. The summed E-state index contributed by atoms with van der Waals surface area (Å²) in [7, 11) is 0. The molecule has 3 nitrogen and oxygen atoms in total. The molecule has 1 unspecified atom stereocenters. The van der Waals surface area contributed by atoms with Crippen molar-refractivity contribution in [3.63, 3.8) is 0 Å². The van der Waals surface area contributed by atoms with Gasteiger partial charge < -0.3 is 9.84 Å². The molecule has 108 valence electrons. The van der Waals surface area contributed by atoms with Gasteiger partial charge in [0.25, 0.3) is 0 Å². The van der Waals surface area contributed by atoms with Gasteiger partial charge in [-0.1, -0.05) is 48.0 Å². The first-order valence-electron chi connectivity index (χ1n) is 6.87. The van der Waals surface area contributed by atoms with Crippen molar-refractivity contribution >= 4 is 28.3 Å². The number of carbonyl (C=O) groups excluding carboxylic acids is 1. The number of aromatic hydroxyl groups is 1. The summed E-state index contributed by atoms with van der Waals surface area (Å²) in [6.45, 7) is 0. The number of phenolic OH excluding ortho intramolecular Hbond substituents is 1. The molecule has 0 radical (unpaired) electrons. The van der Waals surface area contributed by atoms with Gasteiger partial charge >= 0.3 is 5.97 Å². The minimum Gasteiger partial charge on any atom is -0.506 e. The fourth-order valence-electron chi connectivity index (χ4n) is 2.95. The fraction of sp³-hybridized carbons (Fsp3) is 0.0556. The van der Waals surface area contributed by atoms with Crippen LogP contribution in [0.25, 0.3) is 10.8 Å². The average molecular weight is 311 g/mol. The molecule has 0 bridgehead atoms. The Kier molecular flexibility index (Phi) is 2.84. The molecule has 0 amide bonds. The summed E-state index contributed by atoms with van der Waals surface area (Å²) in [6, 6.07) is 16.4. The molecular formula is C18H11ClO3. The lowest BCUT2D eigenvalue weighted by Gasteiger charge is -2.11. The quantitative estimate of drug-likeness (QED) is 0.540. The fourth-order valence-corrected chi connectivity index (χ4v) is 3.14. The van der Waals surface area contributed by atoms with Crippen molar-refractivity contribution in [1.82, 2.24) is 0 Å². The zero-order valence-electron chi connectivity index (χ0n) is 11.4. The van der Waals surface area contributed by atoms with Crippen molar-refractivity contribution in [2.24, 2.45) is 0 Å². The highest BCUT2D eigenvalue weighted by molar-refractivity contribution is 6.32. The molecule has 3 aromatic carbocycles. The lowest BCUT2D eigenvalue weighted by atomic mass is 9.89. The van der Waals surface area contributed by atoms with Crippen molar-refractivity contribution in [2.75, 3.05) is 0 Å². The predicted octanol–water partition coefficient (Wildman–Crippen LogP) is 4.25.